The Hall–Kier alpha value is -2.25. The van der Waals surface area contributed by atoms with Gasteiger partial charge in [0.2, 0.25) is 5.92 Å². The number of Topliss-reactive ketones (excluding diaryl/α,β-unsaturated/α-hetero) is 1. The second-order valence-electron chi connectivity index (χ2n) is 8.33. The number of ether oxygens (including phenoxy) is 2. The smallest absolute Gasteiger partial charge is 0.321 e. The zero-order chi connectivity index (χ0) is 23.8. The molecule has 33 heavy (non-hydrogen) atoms. The Labute approximate surface area is 198 Å². The van der Waals surface area contributed by atoms with E-state index in [1.165, 1.54) is 0 Å². The largest absolute Gasteiger partial charge is 0.465 e. The maximum Gasteiger partial charge on any atom is 0.321 e. The number of thioether (sulfide) groups is 1. The normalized spacial score (nSPS) is 20.7. The first-order valence-electron chi connectivity index (χ1n) is 11.2. The van der Waals surface area contributed by atoms with Gasteiger partial charge in [-0.1, -0.05) is 42.5 Å². The molecule has 0 radical (unpaired) electrons. The molecular weight excluding hydrogens is 446 g/mol. The number of carbonyl (C=O) groups excluding carboxylic acids is 2. The summed E-state index contributed by atoms with van der Waals surface area (Å²) in [7, 11) is 0. The van der Waals surface area contributed by atoms with E-state index in [-0.39, 0.29) is 38.4 Å². The van der Waals surface area contributed by atoms with Crippen LogP contribution in [0, 0.1) is 11.8 Å². The lowest BCUT2D eigenvalue weighted by Gasteiger charge is -2.36. The van der Waals surface area contributed by atoms with Gasteiger partial charge in [0.15, 0.2) is 5.78 Å². The summed E-state index contributed by atoms with van der Waals surface area (Å²) in [5.41, 5.74) is 1.46. The van der Waals surface area contributed by atoms with Crippen molar-refractivity contribution in [3.8, 4) is 0 Å². The van der Waals surface area contributed by atoms with Gasteiger partial charge < -0.3 is 9.47 Å². The molecule has 2 aromatic carbocycles. The number of halogens is 2. The molecule has 0 bridgehead atoms. The summed E-state index contributed by atoms with van der Waals surface area (Å²) in [6.45, 7) is 2.12. The van der Waals surface area contributed by atoms with Crippen LogP contribution in [0.4, 0.5) is 8.78 Å². The molecule has 1 fully saturated rings. The Morgan fingerprint density at radius 1 is 1.12 bits per heavy atom. The number of hydrogen-bond donors (Lipinski definition) is 0. The van der Waals surface area contributed by atoms with Crippen LogP contribution in [0.5, 0.6) is 0 Å². The fraction of sp³-hybridized carbons (Fsp3) is 0.462. The molecule has 3 unspecified atom stereocenters. The highest BCUT2D eigenvalue weighted by molar-refractivity contribution is 7.98. The monoisotopic (exact) mass is 476 g/mol. The molecule has 0 aromatic heterocycles. The number of rotatable bonds is 10. The molecule has 7 heteroatoms. The molecule has 0 spiro atoms. The summed E-state index contributed by atoms with van der Waals surface area (Å²) in [5.74, 6) is -6.36. The van der Waals surface area contributed by atoms with E-state index >= 15 is 0 Å². The highest BCUT2D eigenvalue weighted by Gasteiger charge is 2.47. The lowest BCUT2D eigenvalue weighted by Crippen LogP contribution is -2.41. The molecule has 1 aliphatic rings. The van der Waals surface area contributed by atoms with Crippen molar-refractivity contribution in [2.75, 3.05) is 19.5 Å². The summed E-state index contributed by atoms with van der Waals surface area (Å²) in [5, 5.41) is 0. The van der Waals surface area contributed by atoms with Crippen LogP contribution in [0.25, 0.3) is 0 Å². The molecule has 0 amide bonds. The van der Waals surface area contributed by atoms with Crippen molar-refractivity contribution in [1.82, 2.24) is 0 Å². The van der Waals surface area contributed by atoms with Crippen molar-refractivity contribution < 1.29 is 27.8 Å². The van der Waals surface area contributed by atoms with Gasteiger partial charge in [-0.25, -0.2) is 8.78 Å². The number of ketones is 1. The van der Waals surface area contributed by atoms with Crippen LogP contribution in [0.1, 0.15) is 43.2 Å². The quantitative estimate of drug-likeness (QED) is 0.243. The maximum absolute atomic E-state index is 14.3. The number of benzene rings is 2. The van der Waals surface area contributed by atoms with Crippen molar-refractivity contribution in [2.24, 2.45) is 11.8 Å². The van der Waals surface area contributed by atoms with Crippen molar-refractivity contribution in [3.63, 3.8) is 0 Å². The summed E-state index contributed by atoms with van der Waals surface area (Å²) in [6, 6.07) is 16.6. The highest BCUT2D eigenvalue weighted by Crippen LogP contribution is 2.43. The first-order chi connectivity index (χ1) is 15.8. The fourth-order valence-corrected chi connectivity index (χ4v) is 4.74. The van der Waals surface area contributed by atoms with E-state index < -0.39 is 36.1 Å². The van der Waals surface area contributed by atoms with Gasteiger partial charge in [0.05, 0.1) is 19.8 Å². The van der Waals surface area contributed by atoms with Crippen LogP contribution in [0.3, 0.4) is 0 Å². The van der Waals surface area contributed by atoms with Crippen molar-refractivity contribution in [3.05, 3.63) is 65.7 Å². The SMILES string of the molecule is CCOC(=O)C(C(=O)C1CCC(F)(F)CC1COCc1ccccc1)c1ccc(SC)cc1. The zero-order valence-corrected chi connectivity index (χ0v) is 19.8. The molecule has 1 aliphatic carbocycles. The molecule has 0 saturated heterocycles. The fourth-order valence-electron chi connectivity index (χ4n) is 4.33. The number of hydrogen-bond acceptors (Lipinski definition) is 5. The Morgan fingerprint density at radius 2 is 1.82 bits per heavy atom. The highest BCUT2D eigenvalue weighted by atomic mass is 32.2. The average molecular weight is 477 g/mol. The Kier molecular flexibility index (Phi) is 9.03. The van der Waals surface area contributed by atoms with Crippen LogP contribution >= 0.6 is 11.8 Å². The molecule has 0 heterocycles. The Balaban J connectivity index is 1.80. The van der Waals surface area contributed by atoms with Crippen LogP contribution in [0.15, 0.2) is 59.5 Å². The number of carbonyl (C=O) groups is 2. The topological polar surface area (TPSA) is 52.6 Å². The molecule has 0 N–H and O–H groups in total. The summed E-state index contributed by atoms with van der Waals surface area (Å²) in [4.78, 5) is 27.4. The number of esters is 1. The lowest BCUT2D eigenvalue weighted by molar-refractivity contribution is -0.151. The van der Waals surface area contributed by atoms with E-state index in [0.717, 1.165) is 10.5 Å². The molecule has 1 saturated carbocycles. The van der Waals surface area contributed by atoms with Crippen LogP contribution < -0.4 is 0 Å². The standard InChI is InChI=1S/C26H30F2O4S/c1-3-32-25(30)23(19-9-11-21(33-2)12-10-19)24(29)22-13-14-26(27,28)15-20(22)17-31-16-18-7-5-4-6-8-18/h4-12,20,22-23H,3,13-17H2,1-2H3. The van der Waals surface area contributed by atoms with E-state index in [1.54, 1.807) is 30.8 Å². The summed E-state index contributed by atoms with van der Waals surface area (Å²) >= 11 is 1.55. The first kappa shape index (κ1) is 25.4. The maximum atomic E-state index is 14.3. The van der Waals surface area contributed by atoms with E-state index in [1.807, 2.05) is 48.7 Å². The Morgan fingerprint density at radius 3 is 2.45 bits per heavy atom. The van der Waals surface area contributed by atoms with Gasteiger partial charge in [-0.3, -0.25) is 9.59 Å². The predicted molar refractivity (Wildman–Crippen MR) is 124 cm³/mol. The van der Waals surface area contributed by atoms with Crippen LogP contribution in [-0.4, -0.2) is 37.1 Å². The van der Waals surface area contributed by atoms with Crippen molar-refractivity contribution >= 4 is 23.5 Å². The minimum Gasteiger partial charge on any atom is -0.465 e. The first-order valence-corrected chi connectivity index (χ1v) is 12.4. The van der Waals surface area contributed by atoms with Gasteiger partial charge in [-0.05, 0) is 48.8 Å². The van der Waals surface area contributed by atoms with Gasteiger partial charge in [-0.2, -0.15) is 0 Å². The van der Waals surface area contributed by atoms with E-state index in [9.17, 15) is 18.4 Å². The second-order valence-corrected chi connectivity index (χ2v) is 9.21. The van der Waals surface area contributed by atoms with Gasteiger partial charge in [-0.15, -0.1) is 11.8 Å². The minimum atomic E-state index is -2.85. The van der Waals surface area contributed by atoms with Gasteiger partial charge in [0, 0.05) is 23.7 Å². The molecule has 0 aliphatic heterocycles. The second kappa shape index (κ2) is 11.7. The van der Waals surface area contributed by atoms with Crippen molar-refractivity contribution in [2.45, 2.75) is 49.5 Å². The molecule has 3 rings (SSSR count). The van der Waals surface area contributed by atoms with Crippen molar-refractivity contribution in [1.29, 1.82) is 0 Å². The predicted octanol–water partition coefficient (Wildman–Crippen LogP) is 5.89. The molecular formula is C26H30F2O4S. The van der Waals surface area contributed by atoms with Gasteiger partial charge >= 0.3 is 5.97 Å². The molecule has 178 valence electrons. The minimum absolute atomic E-state index is 0.0179. The lowest BCUT2D eigenvalue weighted by atomic mass is 9.72. The summed E-state index contributed by atoms with van der Waals surface area (Å²) < 4.78 is 39.5. The van der Waals surface area contributed by atoms with Gasteiger partial charge in [0.25, 0.3) is 0 Å². The third-order valence-corrected chi connectivity index (χ3v) is 6.76. The average Bonchev–Trinajstić information content (AvgIpc) is 2.80. The third-order valence-electron chi connectivity index (χ3n) is 6.02. The third kappa shape index (κ3) is 6.87. The Bertz CT molecular complexity index is 918. The molecule has 4 nitrogen and oxygen atoms in total. The number of alkyl halides is 2. The van der Waals surface area contributed by atoms with Crippen LogP contribution in [0.2, 0.25) is 0 Å². The van der Waals surface area contributed by atoms with E-state index in [2.05, 4.69) is 0 Å². The molecule has 2 aromatic rings. The molecule has 3 atom stereocenters. The van der Waals surface area contributed by atoms with E-state index in [0.29, 0.717) is 5.56 Å². The van der Waals surface area contributed by atoms with Gasteiger partial charge in [0.1, 0.15) is 5.92 Å². The van der Waals surface area contributed by atoms with E-state index in [4.69, 9.17) is 9.47 Å². The summed E-state index contributed by atoms with van der Waals surface area (Å²) in [6.07, 6.45) is 1.15. The van der Waals surface area contributed by atoms with Crippen LogP contribution in [-0.2, 0) is 25.7 Å². The zero-order valence-electron chi connectivity index (χ0n) is 19.0.